The first-order chi connectivity index (χ1) is 8.91. The first-order valence-corrected chi connectivity index (χ1v) is 7.19. The molecule has 5 heteroatoms. The van der Waals surface area contributed by atoms with Gasteiger partial charge in [-0.1, -0.05) is 18.0 Å². The number of rotatable bonds is 2. The van der Waals surface area contributed by atoms with E-state index in [0.29, 0.717) is 5.41 Å². The van der Waals surface area contributed by atoms with Gasteiger partial charge in [-0.25, -0.2) is 0 Å². The first kappa shape index (κ1) is 14.2. The van der Waals surface area contributed by atoms with Crippen LogP contribution in [0.2, 0.25) is 0 Å². The fraction of sp³-hybridized carbons (Fsp3) is 0.857. The Morgan fingerprint density at radius 1 is 1.21 bits per heavy atom. The Morgan fingerprint density at radius 3 is 2.21 bits per heavy atom. The molecule has 2 aliphatic rings. The molecule has 108 valence electrons. The van der Waals surface area contributed by atoms with Gasteiger partial charge in [-0.05, 0) is 44.9 Å². The summed E-state index contributed by atoms with van der Waals surface area (Å²) in [5, 5.41) is 11.8. The fourth-order valence-corrected chi connectivity index (χ4v) is 3.44. The van der Waals surface area contributed by atoms with Gasteiger partial charge in [0.2, 0.25) is 5.91 Å². The Morgan fingerprint density at radius 2 is 1.74 bits per heavy atom. The molecule has 1 heterocycles. The molecule has 0 radical (unpaired) electrons. The van der Waals surface area contributed by atoms with Crippen molar-refractivity contribution in [3.05, 3.63) is 0 Å². The summed E-state index contributed by atoms with van der Waals surface area (Å²) in [4.78, 5) is 14.4. The zero-order chi connectivity index (χ0) is 14.1. The molecule has 3 N–H and O–H groups in total. The number of hydrogen-bond donors (Lipinski definition) is 2. The van der Waals surface area contributed by atoms with E-state index < -0.39 is 5.41 Å². The van der Waals surface area contributed by atoms with Gasteiger partial charge >= 0.3 is 0 Å². The summed E-state index contributed by atoms with van der Waals surface area (Å²) in [6, 6.07) is 0. The van der Waals surface area contributed by atoms with E-state index in [1.54, 1.807) is 13.8 Å². The van der Waals surface area contributed by atoms with Crippen LogP contribution < -0.4 is 5.73 Å². The van der Waals surface area contributed by atoms with Gasteiger partial charge in [0.25, 0.3) is 0 Å². The monoisotopic (exact) mass is 267 g/mol. The van der Waals surface area contributed by atoms with Gasteiger partial charge in [0.05, 0.1) is 0 Å². The van der Waals surface area contributed by atoms with Gasteiger partial charge < -0.3 is 15.8 Å². The molecule has 19 heavy (non-hydrogen) atoms. The van der Waals surface area contributed by atoms with Crippen molar-refractivity contribution in [3.63, 3.8) is 0 Å². The average Bonchev–Trinajstić information content (AvgIpc) is 2.86. The average molecular weight is 267 g/mol. The van der Waals surface area contributed by atoms with E-state index in [0.717, 1.165) is 25.9 Å². The minimum atomic E-state index is -0.922. The second kappa shape index (κ2) is 5.02. The smallest absolute Gasteiger partial charge is 0.235 e. The van der Waals surface area contributed by atoms with Crippen LogP contribution in [0.25, 0.3) is 0 Å². The number of nitrogens with zero attached hydrogens (tertiary/aromatic N) is 2. The van der Waals surface area contributed by atoms with Crippen LogP contribution in [0.3, 0.4) is 0 Å². The first-order valence-electron chi connectivity index (χ1n) is 7.19. The molecule has 1 spiro atoms. The van der Waals surface area contributed by atoms with E-state index in [9.17, 15) is 4.79 Å². The number of carbonyl (C=O) groups excluding carboxylic acids is 1. The van der Waals surface area contributed by atoms with Crippen molar-refractivity contribution in [2.24, 2.45) is 21.7 Å². The third-order valence-corrected chi connectivity index (χ3v) is 5.06. The van der Waals surface area contributed by atoms with Crippen molar-refractivity contribution in [3.8, 4) is 0 Å². The molecule has 1 aliphatic carbocycles. The van der Waals surface area contributed by atoms with E-state index >= 15 is 0 Å². The largest absolute Gasteiger partial charge is 0.409 e. The topological polar surface area (TPSA) is 78.9 Å². The molecule has 0 aromatic carbocycles. The molecule has 2 fully saturated rings. The minimum absolute atomic E-state index is 0.0151. The quantitative estimate of drug-likeness (QED) is 0.347. The second-order valence-corrected chi connectivity index (χ2v) is 6.61. The highest BCUT2D eigenvalue weighted by atomic mass is 16.4. The van der Waals surface area contributed by atoms with Crippen LogP contribution in [0.4, 0.5) is 0 Å². The molecule has 1 aliphatic heterocycles. The number of amides is 1. The van der Waals surface area contributed by atoms with Crippen LogP contribution in [-0.4, -0.2) is 34.9 Å². The minimum Gasteiger partial charge on any atom is -0.409 e. The second-order valence-electron chi connectivity index (χ2n) is 6.61. The van der Waals surface area contributed by atoms with E-state index in [1.165, 1.54) is 25.7 Å². The summed E-state index contributed by atoms with van der Waals surface area (Å²) < 4.78 is 0. The molecule has 0 atom stereocenters. The lowest BCUT2D eigenvalue weighted by molar-refractivity contribution is -0.139. The fourth-order valence-electron chi connectivity index (χ4n) is 3.44. The number of piperidine rings is 1. The van der Waals surface area contributed by atoms with Gasteiger partial charge in [-0.15, -0.1) is 0 Å². The summed E-state index contributed by atoms with van der Waals surface area (Å²) in [7, 11) is 0. The van der Waals surface area contributed by atoms with Crippen molar-refractivity contribution in [1.29, 1.82) is 0 Å². The van der Waals surface area contributed by atoms with Gasteiger partial charge in [-0.2, -0.15) is 0 Å². The maximum absolute atomic E-state index is 12.5. The van der Waals surface area contributed by atoms with Crippen LogP contribution in [0.1, 0.15) is 52.4 Å². The Bertz CT molecular complexity index is 374. The predicted molar refractivity (Wildman–Crippen MR) is 73.9 cm³/mol. The molecule has 0 unspecified atom stereocenters. The normalized spacial score (nSPS) is 23.9. The number of likely N-dealkylation sites (tertiary alicyclic amines) is 1. The third kappa shape index (κ3) is 2.55. The zero-order valence-corrected chi connectivity index (χ0v) is 12.0. The molecule has 0 aromatic heterocycles. The highest BCUT2D eigenvalue weighted by Crippen LogP contribution is 2.46. The lowest BCUT2D eigenvalue weighted by Crippen LogP contribution is -2.51. The molecule has 2 rings (SSSR count). The number of nitrogens with two attached hydrogens (primary N) is 1. The van der Waals surface area contributed by atoms with Crippen LogP contribution >= 0.6 is 0 Å². The van der Waals surface area contributed by atoms with E-state index in [4.69, 9.17) is 10.9 Å². The third-order valence-electron chi connectivity index (χ3n) is 5.06. The van der Waals surface area contributed by atoms with Crippen LogP contribution in [-0.2, 0) is 4.79 Å². The van der Waals surface area contributed by atoms with E-state index in [1.807, 2.05) is 4.90 Å². The summed E-state index contributed by atoms with van der Waals surface area (Å²) in [5.41, 5.74) is 5.20. The molecule has 1 amide bonds. The van der Waals surface area contributed by atoms with Crippen molar-refractivity contribution >= 4 is 11.7 Å². The molecular weight excluding hydrogens is 242 g/mol. The van der Waals surface area contributed by atoms with E-state index in [2.05, 4.69) is 5.16 Å². The summed E-state index contributed by atoms with van der Waals surface area (Å²) >= 11 is 0. The van der Waals surface area contributed by atoms with Gasteiger partial charge in [0, 0.05) is 13.1 Å². The molecule has 1 saturated heterocycles. The van der Waals surface area contributed by atoms with Crippen LogP contribution in [0, 0.1) is 10.8 Å². The molecule has 5 nitrogen and oxygen atoms in total. The van der Waals surface area contributed by atoms with Crippen molar-refractivity contribution in [2.75, 3.05) is 13.1 Å². The zero-order valence-electron chi connectivity index (χ0n) is 12.0. The lowest BCUT2D eigenvalue weighted by Gasteiger charge is -2.41. The van der Waals surface area contributed by atoms with Gasteiger partial charge in [-0.3, -0.25) is 4.79 Å². The number of hydrogen-bond acceptors (Lipinski definition) is 3. The number of oxime groups is 1. The highest BCUT2D eigenvalue weighted by Gasteiger charge is 2.42. The Labute approximate surface area is 114 Å². The highest BCUT2D eigenvalue weighted by molar-refractivity contribution is 6.05. The predicted octanol–water partition coefficient (Wildman–Crippen LogP) is 1.94. The number of carbonyl (C=O) groups is 1. The number of amidine groups is 1. The lowest BCUT2D eigenvalue weighted by atomic mass is 9.76. The Kier molecular flexibility index (Phi) is 3.74. The molecular formula is C14H25N3O2. The van der Waals surface area contributed by atoms with Crippen molar-refractivity contribution in [1.82, 2.24) is 4.90 Å². The van der Waals surface area contributed by atoms with Gasteiger partial charge in [0.15, 0.2) is 5.84 Å². The summed E-state index contributed by atoms with van der Waals surface area (Å²) in [6.07, 6.45) is 7.51. The van der Waals surface area contributed by atoms with Crippen molar-refractivity contribution < 1.29 is 10.0 Å². The summed E-state index contributed by atoms with van der Waals surface area (Å²) in [5.74, 6) is -0.0469. The van der Waals surface area contributed by atoms with Gasteiger partial charge in [0.1, 0.15) is 5.41 Å². The van der Waals surface area contributed by atoms with Crippen molar-refractivity contribution in [2.45, 2.75) is 52.4 Å². The van der Waals surface area contributed by atoms with E-state index in [-0.39, 0.29) is 11.7 Å². The molecule has 1 saturated carbocycles. The standard InChI is InChI=1S/C14H25N3O2/c1-13(2,11(15)16-19)12(18)17-9-7-14(8-10-17)5-3-4-6-14/h19H,3-10H2,1-2H3,(H2,15,16). The SMILES string of the molecule is CC(C)(C(=O)N1CCC2(CCCC2)CC1)C(N)=NO. The Hall–Kier alpha value is -1.26. The van der Waals surface area contributed by atoms with Crippen LogP contribution in [0.5, 0.6) is 0 Å². The van der Waals surface area contributed by atoms with Crippen LogP contribution in [0.15, 0.2) is 5.16 Å². The molecule has 0 bridgehead atoms. The molecule has 0 aromatic rings. The Balaban J connectivity index is 1.99. The summed E-state index contributed by atoms with van der Waals surface area (Å²) in [6.45, 7) is 5.04. The maximum atomic E-state index is 12.5. The maximum Gasteiger partial charge on any atom is 0.235 e.